The van der Waals surface area contributed by atoms with Crippen LogP contribution in [-0.4, -0.2) is 16.6 Å². The van der Waals surface area contributed by atoms with Gasteiger partial charge in [-0.2, -0.15) is 0 Å². The van der Waals surface area contributed by atoms with Crippen LogP contribution >= 0.6 is 38.6 Å². The molecule has 0 aliphatic rings. The van der Waals surface area contributed by atoms with Gasteiger partial charge in [0, 0.05) is 16.3 Å². The summed E-state index contributed by atoms with van der Waals surface area (Å²) >= 11 is 6.83. The molecule has 0 unspecified atom stereocenters. The average Bonchev–Trinajstić information content (AvgIpc) is 3.11. The van der Waals surface area contributed by atoms with Gasteiger partial charge in [-0.3, -0.25) is 0 Å². The van der Waals surface area contributed by atoms with E-state index in [0.717, 1.165) is 32.3 Å². The van der Waals surface area contributed by atoms with Crippen molar-refractivity contribution in [1.82, 2.24) is 9.97 Å². The van der Waals surface area contributed by atoms with E-state index in [1.807, 2.05) is 26.0 Å². The molecule has 120 valence electrons. The van der Waals surface area contributed by atoms with Gasteiger partial charge in [-0.1, -0.05) is 28.1 Å². The number of nitrogens with zero attached hydrogens (tertiary/aromatic N) is 2. The molecule has 0 aliphatic carbocycles. The Morgan fingerprint density at radius 1 is 1.13 bits per heavy atom. The second-order valence-electron chi connectivity index (χ2n) is 5.20. The van der Waals surface area contributed by atoms with E-state index in [4.69, 9.17) is 9.72 Å². The van der Waals surface area contributed by atoms with E-state index < -0.39 is 0 Å². The lowest BCUT2D eigenvalue weighted by Crippen LogP contribution is -1.98. The van der Waals surface area contributed by atoms with Crippen molar-refractivity contribution < 1.29 is 4.74 Å². The van der Waals surface area contributed by atoms with Gasteiger partial charge in [-0.15, -0.1) is 22.7 Å². The smallest absolute Gasteiger partial charge is 0.0955 e. The van der Waals surface area contributed by atoms with Crippen molar-refractivity contribution in [2.75, 3.05) is 6.61 Å². The Labute approximate surface area is 152 Å². The number of aromatic nitrogens is 2. The predicted octanol–water partition coefficient (Wildman–Crippen LogP) is 5.41. The molecule has 3 rings (SSSR count). The van der Waals surface area contributed by atoms with Crippen LogP contribution in [-0.2, 0) is 17.8 Å². The van der Waals surface area contributed by atoms with E-state index in [1.165, 1.54) is 10.4 Å². The second-order valence-corrected chi connectivity index (χ2v) is 8.26. The minimum absolute atomic E-state index is 0.638. The van der Waals surface area contributed by atoms with Crippen molar-refractivity contribution in [3.63, 3.8) is 0 Å². The first kappa shape index (κ1) is 16.8. The zero-order chi connectivity index (χ0) is 16.2. The van der Waals surface area contributed by atoms with Gasteiger partial charge in [0.2, 0.25) is 0 Å². The largest absolute Gasteiger partial charge is 0.376 e. The summed E-state index contributed by atoms with van der Waals surface area (Å²) in [6, 6.07) is 8.21. The number of halogens is 1. The van der Waals surface area contributed by atoms with E-state index in [0.29, 0.717) is 13.2 Å². The molecule has 0 saturated carbocycles. The van der Waals surface area contributed by atoms with E-state index in [-0.39, 0.29) is 0 Å². The van der Waals surface area contributed by atoms with E-state index in [9.17, 15) is 0 Å². The third-order valence-electron chi connectivity index (χ3n) is 3.33. The number of thiazole rings is 2. The summed E-state index contributed by atoms with van der Waals surface area (Å²) < 4.78 is 6.84. The molecular weight excluding hydrogens is 392 g/mol. The number of rotatable bonds is 6. The van der Waals surface area contributed by atoms with Gasteiger partial charge in [0.1, 0.15) is 0 Å². The van der Waals surface area contributed by atoms with Crippen molar-refractivity contribution in [3.05, 3.63) is 55.4 Å². The minimum Gasteiger partial charge on any atom is -0.376 e. The normalized spacial score (nSPS) is 11.1. The molecule has 0 N–H and O–H groups in total. The summed E-state index contributed by atoms with van der Waals surface area (Å²) in [5, 5.41) is 4.32. The van der Waals surface area contributed by atoms with Gasteiger partial charge >= 0.3 is 0 Å². The molecule has 2 aromatic heterocycles. The van der Waals surface area contributed by atoms with Gasteiger partial charge in [0.15, 0.2) is 0 Å². The fourth-order valence-electron chi connectivity index (χ4n) is 2.23. The average molecular weight is 409 g/mol. The Balaban J connectivity index is 1.51. The highest BCUT2D eigenvalue weighted by Crippen LogP contribution is 2.30. The summed E-state index contributed by atoms with van der Waals surface area (Å²) in [5.41, 5.74) is 3.29. The Kier molecular flexibility index (Phi) is 5.58. The number of hydrogen-bond donors (Lipinski definition) is 0. The Bertz CT molecular complexity index is 780. The fraction of sp³-hybridized carbons (Fsp3) is 0.294. The van der Waals surface area contributed by atoms with Gasteiger partial charge in [-0.25, -0.2) is 9.97 Å². The maximum atomic E-state index is 5.75. The highest BCUT2D eigenvalue weighted by molar-refractivity contribution is 9.10. The molecule has 0 fully saturated rings. The lowest BCUT2D eigenvalue weighted by Gasteiger charge is -2.03. The topological polar surface area (TPSA) is 35.0 Å². The Hall–Kier alpha value is -1.08. The van der Waals surface area contributed by atoms with E-state index >= 15 is 0 Å². The van der Waals surface area contributed by atoms with Crippen molar-refractivity contribution >= 4 is 38.6 Å². The SMILES string of the molecule is Cc1nc(C)c(-c2csc(CCOCc3ccc(Br)cc3)n2)s1. The van der Waals surface area contributed by atoms with Crippen LogP contribution in [0.3, 0.4) is 0 Å². The van der Waals surface area contributed by atoms with E-state index in [2.05, 4.69) is 38.4 Å². The molecule has 23 heavy (non-hydrogen) atoms. The molecule has 3 nitrogen and oxygen atoms in total. The zero-order valence-corrected chi connectivity index (χ0v) is 16.2. The lowest BCUT2D eigenvalue weighted by atomic mass is 10.2. The summed E-state index contributed by atoms with van der Waals surface area (Å²) in [5.74, 6) is 0. The van der Waals surface area contributed by atoms with Crippen LogP contribution in [0.2, 0.25) is 0 Å². The number of hydrogen-bond acceptors (Lipinski definition) is 5. The fourth-order valence-corrected chi connectivity index (χ4v) is 4.22. The Morgan fingerprint density at radius 2 is 1.91 bits per heavy atom. The molecule has 0 saturated heterocycles. The lowest BCUT2D eigenvalue weighted by molar-refractivity contribution is 0.124. The Morgan fingerprint density at radius 3 is 2.61 bits per heavy atom. The first-order valence-electron chi connectivity index (χ1n) is 7.33. The van der Waals surface area contributed by atoms with Crippen molar-refractivity contribution in [2.24, 2.45) is 0 Å². The van der Waals surface area contributed by atoms with Crippen molar-refractivity contribution in [2.45, 2.75) is 26.9 Å². The van der Waals surface area contributed by atoms with Gasteiger partial charge in [0.05, 0.1) is 39.5 Å². The van der Waals surface area contributed by atoms with Crippen LogP contribution in [0.4, 0.5) is 0 Å². The van der Waals surface area contributed by atoms with E-state index in [1.54, 1.807) is 22.7 Å². The minimum atomic E-state index is 0.638. The maximum Gasteiger partial charge on any atom is 0.0955 e. The van der Waals surface area contributed by atoms with Crippen LogP contribution in [0, 0.1) is 13.8 Å². The quantitative estimate of drug-likeness (QED) is 0.511. The summed E-state index contributed by atoms with van der Waals surface area (Å²) in [4.78, 5) is 10.4. The molecule has 6 heteroatoms. The second kappa shape index (κ2) is 7.66. The molecular formula is C17H17BrN2OS2. The molecule has 0 amide bonds. The first-order chi connectivity index (χ1) is 11.1. The number of aryl methyl sites for hydroxylation is 2. The van der Waals surface area contributed by atoms with Gasteiger partial charge in [-0.05, 0) is 31.5 Å². The van der Waals surface area contributed by atoms with Crippen molar-refractivity contribution in [3.8, 4) is 10.6 Å². The van der Waals surface area contributed by atoms with Crippen LogP contribution in [0.25, 0.3) is 10.6 Å². The summed E-state index contributed by atoms with van der Waals surface area (Å²) in [6.45, 7) is 5.39. The monoisotopic (exact) mass is 408 g/mol. The summed E-state index contributed by atoms with van der Waals surface area (Å²) in [6.07, 6.45) is 0.845. The molecule has 0 spiro atoms. The van der Waals surface area contributed by atoms with Gasteiger partial charge < -0.3 is 4.74 Å². The molecule has 0 aliphatic heterocycles. The van der Waals surface area contributed by atoms with Crippen LogP contribution in [0.1, 0.15) is 21.3 Å². The standard InChI is InChI=1S/C17H17BrN2OS2/c1-11-17(23-12(2)19-11)15-10-22-16(20-15)7-8-21-9-13-3-5-14(18)6-4-13/h3-6,10H,7-9H2,1-2H3. The number of ether oxygens (including phenoxy) is 1. The van der Waals surface area contributed by atoms with Crippen LogP contribution < -0.4 is 0 Å². The molecule has 2 heterocycles. The van der Waals surface area contributed by atoms with Gasteiger partial charge in [0.25, 0.3) is 0 Å². The van der Waals surface area contributed by atoms with Crippen LogP contribution in [0.5, 0.6) is 0 Å². The maximum absolute atomic E-state index is 5.75. The van der Waals surface area contributed by atoms with Crippen molar-refractivity contribution in [1.29, 1.82) is 0 Å². The highest BCUT2D eigenvalue weighted by atomic mass is 79.9. The first-order valence-corrected chi connectivity index (χ1v) is 9.82. The highest BCUT2D eigenvalue weighted by Gasteiger charge is 2.11. The van der Waals surface area contributed by atoms with Crippen LogP contribution in [0.15, 0.2) is 34.1 Å². The number of benzene rings is 1. The predicted molar refractivity (Wildman–Crippen MR) is 100 cm³/mol. The third kappa shape index (κ3) is 4.47. The molecule has 0 bridgehead atoms. The third-order valence-corrected chi connectivity index (χ3v) is 5.86. The summed E-state index contributed by atoms with van der Waals surface area (Å²) in [7, 11) is 0. The molecule has 3 aromatic rings. The molecule has 0 atom stereocenters. The molecule has 0 radical (unpaired) electrons. The molecule has 1 aromatic carbocycles. The zero-order valence-electron chi connectivity index (χ0n) is 13.0.